The summed E-state index contributed by atoms with van der Waals surface area (Å²) in [6, 6.07) is 9.43. The van der Waals surface area contributed by atoms with Crippen molar-refractivity contribution < 1.29 is 19.4 Å². The summed E-state index contributed by atoms with van der Waals surface area (Å²) >= 11 is 0. The molecule has 0 bridgehead atoms. The molecule has 0 aliphatic carbocycles. The molecule has 2 heterocycles. The van der Waals surface area contributed by atoms with Crippen molar-refractivity contribution in [3.8, 4) is 0 Å². The molecule has 2 fully saturated rings. The molecule has 6 heteroatoms. The van der Waals surface area contributed by atoms with Crippen molar-refractivity contribution in [3.63, 3.8) is 0 Å². The second-order valence-corrected chi connectivity index (χ2v) is 5.54. The van der Waals surface area contributed by atoms with Gasteiger partial charge in [0.2, 0.25) is 0 Å². The molecule has 0 unspecified atom stereocenters. The largest absolute Gasteiger partial charge is 0.465 e. The average molecular weight is 290 g/mol. The lowest BCUT2D eigenvalue weighted by Gasteiger charge is -2.21. The number of benzene rings is 1. The highest BCUT2D eigenvalue weighted by molar-refractivity contribution is 5.69. The summed E-state index contributed by atoms with van der Waals surface area (Å²) in [6.45, 7) is 1.83. The van der Waals surface area contributed by atoms with Crippen LogP contribution in [0, 0.1) is 5.92 Å². The Bertz CT molecular complexity index is 534. The van der Waals surface area contributed by atoms with Crippen molar-refractivity contribution in [3.05, 3.63) is 35.9 Å². The van der Waals surface area contributed by atoms with E-state index in [1.807, 2.05) is 30.3 Å². The van der Waals surface area contributed by atoms with Crippen LogP contribution in [0.5, 0.6) is 0 Å². The van der Waals surface area contributed by atoms with E-state index in [1.165, 1.54) is 4.90 Å². The summed E-state index contributed by atoms with van der Waals surface area (Å²) in [7, 11) is 0. The molecule has 112 valence electrons. The number of nitrogens with zero attached hydrogens (tertiary/aromatic N) is 2. The lowest BCUT2D eigenvalue weighted by Crippen LogP contribution is -2.40. The van der Waals surface area contributed by atoms with Crippen LogP contribution in [0.25, 0.3) is 0 Å². The standard InChI is InChI=1S/C15H18N2O4/c18-14(19)17-7-6-12-8-16(9-13(12)17)15(20)21-10-11-4-2-1-3-5-11/h1-5,12-13H,6-10H2,(H,18,19)/t12-,13+/m1/s1. The van der Waals surface area contributed by atoms with Gasteiger partial charge in [0.1, 0.15) is 6.61 Å². The van der Waals surface area contributed by atoms with Crippen LogP contribution in [0.2, 0.25) is 0 Å². The fraction of sp³-hybridized carbons (Fsp3) is 0.467. The van der Waals surface area contributed by atoms with Gasteiger partial charge < -0.3 is 19.6 Å². The number of ether oxygens (including phenoxy) is 1. The number of likely N-dealkylation sites (tertiary alicyclic amines) is 2. The molecule has 2 atom stereocenters. The van der Waals surface area contributed by atoms with E-state index < -0.39 is 6.09 Å². The molecular formula is C15H18N2O4. The van der Waals surface area contributed by atoms with E-state index in [1.54, 1.807) is 4.90 Å². The Kier molecular flexibility index (Phi) is 3.68. The van der Waals surface area contributed by atoms with E-state index in [0.29, 0.717) is 19.6 Å². The van der Waals surface area contributed by atoms with Crippen LogP contribution in [0.1, 0.15) is 12.0 Å². The van der Waals surface area contributed by atoms with Crippen LogP contribution in [0.4, 0.5) is 9.59 Å². The Hall–Kier alpha value is -2.24. The first kappa shape index (κ1) is 13.7. The van der Waals surface area contributed by atoms with Gasteiger partial charge in [-0.1, -0.05) is 30.3 Å². The minimum Gasteiger partial charge on any atom is -0.465 e. The van der Waals surface area contributed by atoms with Gasteiger partial charge in [0.05, 0.1) is 6.04 Å². The Morgan fingerprint density at radius 3 is 2.71 bits per heavy atom. The number of amides is 2. The maximum atomic E-state index is 12.1. The zero-order valence-electron chi connectivity index (χ0n) is 11.6. The van der Waals surface area contributed by atoms with Crippen LogP contribution in [0.15, 0.2) is 30.3 Å². The highest BCUT2D eigenvalue weighted by Gasteiger charge is 2.45. The molecule has 6 nitrogen and oxygen atoms in total. The average Bonchev–Trinajstić information content (AvgIpc) is 3.05. The monoisotopic (exact) mass is 290 g/mol. The lowest BCUT2D eigenvalue weighted by atomic mass is 10.1. The highest BCUT2D eigenvalue weighted by atomic mass is 16.6. The van der Waals surface area contributed by atoms with E-state index in [-0.39, 0.29) is 24.7 Å². The SMILES string of the molecule is O=C(OCc1ccccc1)N1C[C@H]2CCN(C(=O)O)[C@H]2C1. The van der Waals surface area contributed by atoms with Crippen molar-refractivity contribution in [2.45, 2.75) is 19.1 Å². The van der Waals surface area contributed by atoms with Crippen molar-refractivity contribution in [1.29, 1.82) is 0 Å². The Balaban J connectivity index is 1.54. The Morgan fingerprint density at radius 2 is 2.00 bits per heavy atom. The highest BCUT2D eigenvalue weighted by Crippen LogP contribution is 2.31. The van der Waals surface area contributed by atoms with Gasteiger partial charge in [-0.25, -0.2) is 9.59 Å². The summed E-state index contributed by atoms with van der Waals surface area (Å²) in [4.78, 5) is 26.2. The first-order valence-electron chi connectivity index (χ1n) is 7.10. The smallest absolute Gasteiger partial charge is 0.410 e. The Morgan fingerprint density at radius 1 is 1.24 bits per heavy atom. The van der Waals surface area contributed by atoms with E-state index in [4.69, 9.17) is 9.84 Å². The van der Waals surface area contributed by atoms with Gasteiger partial charge in [0.25, 0.3) is 0 Å². The third-order valence-electron chi connectivity index (χ3n) is 4.26. The molecule has 2 aliphatic rings. The molecule has 3 rings (SSSR count). The van der Waals surface area contributed by atoms with Gasteiger partial charge in [-0.3, -0.25) is 0 Å². The van der Waals surface area contributed by atoms with Gasteiger partial charge in [0.15, 0.2) is 0 Å². The van der Waals surface area contributed by atoms with E-state index >= 15 is 0 Å². The molecule has 2 amide bonds. The lowest BCUT2D eigenvalue weighted by molar-refractivity contribution is 0.0973. The van der Waals surface area contributed by atoms with E-state index in [2.05, 4.69) is 0 Å². The number of hydrogen-bond donors (Lipinski definition) is 1. The maximum Gasteiger partial charge on any atom is 0.410 e. The molecule has 0 radical (unpaired) electrons. The molecule has 0 spiro atoms. The topological polar surface area (TPSA) is 70.1 Å². The molecule has 1 N–H and O–H groups in total. The third kappa shape index (κ3) is 2.79. The predicted octanol–water partition coefficient (Wildman–Crippen LogP) is 2.01. The third-order valence-corrected chi connectivity index (χ3v) is 4.26. The summed E-state index contributed by atoms with van der Waals surface area (Å²) in [5.74, 6) is 0.241. The molecule has 2 aliphatic heterocycles. The number of hydrogen-bond acceptors (Lipinski definition) is 3. The molecule has 0 aromatic heterocycles. The number of fused-ring (bicyclic) bond motifs is 1. The van der Waals surface area contributed by atoms with Crippen molar-refractivity contribution in [2.75, 3.05) is 19.6 Å². The summed E-state index contributed by atoms with van der Waals surface area (Å²) < 4.78 is 5.29. The van der Waals surface area contributed by atoms with Crippen LogP contribution in [-0.2, 0) is 11.3 Å². The maximum absolute atomic E-state index is 12.1. The molecule has 21 heavy (non-hydrogen) atoms. The van der Waals surface area contributed by atoms with E-state index in [0.717, 1.165) is 12.0 Å². The van der Waals surface area contributed by atoms with Crippen molar-refractivity contribution in [1.82, 2.24) is 9.80 Å². The van der Waals surface area contributed by atoms with Gasteiger partial charge in [-0.05, 0) is 12.0 Å². The first-order chi connectivity index (χ1) is 10.1. The quantitative estimate of drug-likeness (QED) is 0.904. The molecular weight excluding hydrogens is 272 g/mol. The van der Waals surface area contributed by atoms with Gasteiger partial charge in [-0.2, -0.15) is 0 Å². The van der Waals surface area contributed by atoms with Crippen molar-refractivity contribution >= 4 is 12.2 Å². The van der Waals surface area contributed by atoms with Crippen LogP contribution in [0.3, 0.4) is 0 Å². The van der Waals surface area contributed by atoms with Gasteiger partial charge in [-0.15, -0.1) is 0 Å². The fourth-order valence-corrected chi connectivity index (χ4v) is 3.16. The molecule has 1 aromatic rings. The van der Waals surface area contributed by atoms with Crippen molar-refractivity contribution in [2.24, 2.45) is 5.92 Å². The minimum absolute atomic E-state index is 0.0771. The zero-order valence-corrected chi connectivity index (χ0v) is 11.6. The summed E-state index contributed by atoms with van der Waals surface area (Å²) in [5, 5.41) is 9.13. The van der Waals surface area contributed by atoms with Crippen LogP contribution in [-0.4, -0.2) is 52.8 Å². The number of carbonyl (C=O) groups excluding carboxylic acids is 1. The van der Waals surface area contributed by atoms with Gasteiger partial charge >= 0.3 is 12.2 Å². The summed E-state index contributed by atoms with van der Waals surface area (Å²) in [6.07, 6.45) is -0.444. The molecule has 2 saturated heterocycles. The molecule has 1 aromatic carbocycles. The Labute approximate surface area is 122 Å². The number of rotatable bonds is 2. The minimum atomic E-state index is -0.901. The van der Waals surface area contributed by atoms with Crippen LogP contribution < -0.4 is 0 Å². The zero-order chi connectivity index (χ0) is 14.8. The number of carboxylic acid groups (broad SMARTS) is 1. The van der Waals surface area contributed by atoms with Crippen LogP contribution >= 0.6 is 0 Å². The number of carbonyl (C=O) groups is 2. The normalized spacial score (nSPS) is 24.0. The fourth-order valence-electron chi connectivity index (χ4n) is 3.16. The second kappa shape index (κ2) is 5.63. The first-order valence-corrected chi connectivity index (χ1v) is 7.10. The predicted molar refractivity (Wildman–Crippen MR) is 74.8 cm³/mol. The van der Waals surface area contributed by atoms with Gasteiger partial charge in [0, 0.05) is 25.6 Å². The second-order valence-electron chi connectivity index (χ2n) is 5.54. The molecule has 0 saturated carbocycles. The van der Waals surface area contributed by atoms with E-state index in [9.17, 15) is 9.59 Å². The summed E-state index contributed by atoms with van der Waals surface area (Å²) in [5.41, 5.74) is 0.942.